The first-order valence-electron chi connectivity index (χ1n) is 12.9. The van der Waals surface area contributed by atoms with Gasteiger partial charge in [-0.1, -0.05) is 59.1 Å². The highest BCUT2D eigenvalue weighted by atomic mass is 35.5. The lowest BCUT2D eigenvalue weighted by Gasteiger charge is -2.40. The van der Waals surface area contributed by atoms with Crippen molar-refractivity contribution in [2.24, 2.45) is 5.73 Å². The number of nitrogens with two attached hydrogens (primary N) is 1. The zero-order valence-corrected chi connectivity index (χ0v) is 23.7. The van der Waals surface area contributed by atoms with E-state index in [-0.39, 0.29) is 5.78 Å². The molecule has 1 atom stereocenters. The van der Waals surface area contributed by atoms with Gasteiger partial charge in [0, 0.05) is 28.4 Å². The molecule has 2 aliphatic rings. The maximum absolute atomic E-state index is 13.6. The Hall–Kier alpha value is -3.72. The number of hydrogen-bond acceptors (Lipinski definition) is 5. The van der Waals surface area contributed by atoms with Crippen LogP contribution in [0.15, 0.2) is 77.3 Å². The van der Waals surface area contributed by atoms with Gasteiger partial charge < -0.3 is 10.5 Å². The van der Waals surface area contributed by atoms with E-state index < -0.39 is 5.92 Å². The fourth-order valence-electron chi connectivity index (χ4n) is 5.54. The minimum atomic E-state index is -0.561. The molecule has 1 aliphatic heterocycles. The van der Waals surface area contributed by atoms with E-state index in [1.165, 1.54) is 0 Å². The Kier molecular flexibility index (Phi) is 7.44. The molecule has 198 valence electrons. The second-order valence-corrected chi connectivity index (χ2v) is 10.9. The van der Waals surface area contributed by atoms with Gasteiger partial charge in [0.1, 0.15) is 18.2 Å². The summed E-state index contributed by atoms with van der Waals surface area (Å²) in [6.07, 6.45) is 1.83. The number of carbonyl (C=O) groups is 1. The van der Waals surface area contributed by atoms with Crippen molar-refractivity contribution in [3.8, 4) is 11.8 Å². The number of allylic oxidation sites excluding steroid dienone is 3. The molecule has 2 N–H and O–H groups in total. The minimum absolute atomic E-state index is 0.0412. The number of hydrogen-bond donors (Lipinski definition) is 1. The summed E-state index contributed by atoms with van der Waals surface area (Å²) < 4.78 is 6.07. The van der Waals surface area contributed by atoms with E-state index >= 15 is 0 Å². The molecule has 0 fully saturated rings. The van der Waals surface area contributed by atoms with Crippen molar-refractivity contribution in [3.63, 3.8) is 0 Å². The maximum atomic E-state index is 13.6. The number of rotatable bonds is 5. The van der Waals surface area contributed by atoms with Crippen LogP contribution in [0.4, 0.5) is 5.69 Å². The normalized spacial score (nSPS) is 17.3. The van der Waals surface area contributed by atoms with Crippen LogP contribution in [0.1, 0.15) is 53.0 Å². The average molecular weight is 559 g/mol. The number of ether oxygens (including phenoxy) is 1. The monoisotopic (exact) mass is 557 g/mol. The third-order valence-electron chi connectivity index (χ3n) is 7.56. The summed E-state index contributed by atoms with van der Waals surface area (Å²) in [6.45, 7) is 6.24. The molecule has 0 saturated carbocycles. The molecule has 3 aromatic rings. The van der Waals surface area contributed by atoms with Crippen LogP contribution in [-0.4, -0.2) is 5.78 Å². The minimum Gasteiger partial charge on any atom is -0.487 e. The van der Waals surface area contributed by atoms with Gasteiger partial charge in [0.15, 0.2) is 5.78 Å². The predicted octanol–water partition coefficient (Wildman–Crippen LogP) is 7.80. The van der Waals surface area contributed by atoms with E-state index in [1.807, 2.05) is 62.1 Å². The van der Waals surface area contributed by atoms with Crippen LogP contribution in [0.25, 0.3) is 0 Å². The van der Waals surface area contributed by atoms with E-state index in [9.17, 15) is 10.1 Å². The number of carbonyl (C=O) groups excluding carboxylic acids is 1. The van der Waals surface area contributed by atoms with Gasteiger partial charge >= 0.3 is 0 Å². The first-order chi connectivity index (χ1) is 18.7. The van der Waals surface area contributed by atoms with Gasteiger partial charge in [-0.25, -0.2) is 0 Å². The molecule has 5 nitrogen and oxygen atoms in total. The molecule has 0 amide bonds. The Labute approximate surface area is 239 Å². The van der Waals surface area contributed by atoms with Gasteiger partial charge in [0.05, 0.1) is 22.6 Å². The van der Waals surface area contributed by atoms with Crippen LogP contribution in [0.5, 0.6) is 5.75 Å². The SMILES string of the molecule is Cc1cc(COc2ccccc2Cl)c(C)c(C2C(C#N)=C(N)N(c3ccc(C)c(Cl)c3)C3=C2C(=O)CCC3)c1. The Balaban J connectivity index is 1.65. The Morgan fingerprint density at radius 2 is 1.82 bits per heavy atom. The standard InChI is InChI=1S/C32H29Cl2N3O2/c1-18-13-21(17-39-29-10-5-4-7-25(29)33)20(3)23(14-18)30-24(16-35)32(36)37(22-12-11-19(2)26(34)15-22)27-8-6-9-28(38)31(27)30/h4-5,7,10-15,30H,6,8-9,17,36H2,1-3H3. The highest BCUT2D eigenvalue weighted by Gasteiger charge is 2.41. The molecule has 0 radical (unpaired) electrons. The molecule has 0 bridgehead atoms. The maximum Gasteiger partial charge on any atom is 0.161 e. The number of aryl methyl sites for hydroxylation is 2. The summed E-state index contributed by atoms with van der Waals surface area (Å²) in [7, 11) is 0. The Morgan fingerprint density at radius 1 is 1.05 bits per heavy atom. The number of ketones is 1. The van der Waals surface area contributed by atoms with Crippen molar-refractivity contribution < 1.29 is 9.53 Å². The molecule has 0 spiro atoms. The number of nitriles is 1. The summed E-state index contributed by atoms with van der Waals surface area (Å²) in [4.78, 5) is 15.4. The molecule has 1 heterocycles. The Bertz CT molecular complexity index is 1600. The summed E-state index contributed by atoms with van der Waals surface area (Å²) in [5.41, 5.74) is 14.1. The van der Waals surface area contributed by atoms with Crippen LogP contribution < -0.4 is 15.4 Å². The molecular formula is C32H29Cl2N3O2. The molecule has 3 aromatic carbocycles. The van der Waals surface area contributed by atoms with Gasteiger partial charge in [-0.3, -0.25) is 9.69 Å². The summed E-state index contributed by atoms with van der Waals surface area (Å²) >= 11 is 12.8. The molecule has 1 unspecified atom stereocenters. The first-order valence-corrected chi connectivity index (χ1v) is 13.7. The van der Waals surface area contributed by atoms with Crippen LogP contribution in [0.2, 0.25) is 10.0 Å². The molecule has 7 heteroatoms. The van der Waals surface area contributed by atoms with Gasteiger partial charge in [-0.05, 0) is 80.1 Å². The fraction of sp³-hybridized carbons (Fsp3) is 0.250. The number of anilines is 1. The topological polar surface area (TPSA) is 79.3 Å². The fourth-order valence-corrected chi connectivity index (χ4v) is 5.91. The number of nitrogens with zero attached hydrogens (tertiary/aromatic N) is 2. The molecule has 0 saturated heterocycles. The molecule has 5 rings (SSSR count). The largest absolute Gasteiger partial charge is 0.487 e. The van der Waals surface area contributed by atoms with E-state index in [0.29, 0.717) is 52.2 Å². The molecule has 0 aromatic heterocycles. The zero-order chi connectivity index (χ0) is 27.8. The van der Waals surface area contributed by atoms with E-state index in [2.05, 4.69) is 18.2 Å². The van der Waals surface area contributed by atoms with E-state index in [4.69, 9.17) is 33.7 Å². The average Bonchev–Trinajstić information content (AvgIpc) is 2.91. The van der Waals surface area contributed by atoms with E-state index in [1.54, 1.807) is 6.07 Å². The van der Waals surface area contributed by atoms with Crippen LogP contribution >= 0.6 is 23.2 Å². The number of halogens is 2. The lowest BCUT2D eigenvalue weighted by Crippen LogP contribution is -2.39. The molecular weight excluding hydrogens is 529 g/mol. The van der Waals surface area contributed by atoms with Crippen LogP contribution in [0, 0.1) is 32.1 Å². The van der Waals surface area contributed by atoms with Crippen molar-refractivity contribution in [2.75, 3.05) is 4.90 Å². The molecule has 1 aliphatic carbocycles. The first kappa shape index (κ1) is 26.9. The third kappa shape index (κ3) is 4.91. The summed E-state index contributed by atoms with van der Waals surface area (Å²) in [5, 5.41) is 11.6. The second kappa shape index (κ2) is 10.8. The van der Waals surface area contributed by atoms with Crippen LogP contribution in [0.3, 0.4) is 0 Å². The molecule has 39 heavy (non-hydrogen) atoms. The van der Waals surface area contributed by atoms with Crippen molar-refractivity contribution in [1.82, 2.24) is 0 Å². The van der Waals surface area contributed by atoms with Crippen LogP contribution in [-0.2, 0) is 11.4 Å². The third-order valence-corrected chi connectivity index (χ3v) is 8.28. The smallest absolute Gasteiger partial charge is 0.161 e. The lowest BCUT2D eigenvalue weighted by molar-refractivity contribution is -0.116. The summed E-state index contributed by atoms with van der Waals surface area (Å²) in [5.74, 6) is 0.403. The predicted molar refractivity (Wildman–Crippen MR) is 156 cm³/mol. The highest BCUT2D eigenvalue weighted by Crippen LogP contribution is 2.47. The quantitative estimate of drug-likeness (QED) is 0.346. The Morgan fingerprint density at radius 3 is 2.54 bits per heavy atom. The number of benzene rings is 3. The van der Waals surface area contributed by atoms with Gasteiger partial charge in [-0.2, -0.15) is 5.26 Å². The van der Waals surface area contributed by atoms with Crippen molar-refractivity contribution in [2.45, 2.75) is 52.6 Å². The lowest BCUT2D eigenvalue weighted by atomic mass is 9.73. The summed E-state index contributed by atoms with van der Waals surface area (Å²) in [6, 6.07) is 19.5. The van der Waals surface area contributed by atoms with Crippen molar-refractivity contribution in [3.05, 3.63) is 115 Å². The number of para-hydroxylation sites is 1. The second-order valence-electron chi connectivity index (χ2n) is 10.1. The van der Waals surface area contributed by atoms with Crippen molar-refractivity contribution in [1.29, 1.82) is 5.26 Å². The van der Waals surface area contributed by atoms with Gasteiger partial charge in [0.2, 0.25) is 0 Å². The van der Waals surface area contributed by atoms with Gasteiger partial charge in [0.25, 0.3) is 0 Å². The zero-order valence-electron chi connectivity index (χ0n) is 22.1. The van der Waals surface area contributed by atoms with Gasteiger partial charge in [-0.15, -0.1) is 0 Å². The number of Topliss-reactive ketones (excluding diaryl/α,β-unsaturated/α-hetero) is 1. The van der Waals surface area contributed by atoms with Crippen molar-refractivity contribution >= 4 is 34.7 Å². The highest BCUT2D eigenvalue weighted by molar-refractivity contribution is 6.32. The van der Waals surface area contributed by atoms with E-state index in [0.717, 1.165) is 45.6 Å².